The summed E-state index contributed by atoms with van der Waals surface area (Å²) in [6.07, 6.45) is 42.4. The van der Waals surface area contributed by atoms with Crippen LogP contribution in [0.5, 0.6) is 0 Å². The highest BCUT2D eigenvalue weighted by Gasteiger charge is 2.26. The van der Waals surface area contributed by atoms with Crippen molar-refractivity contribution >= 4 is 0 Å². The fraction of sp³-hybridized carbons (Fsp3) is 0.350. The van der Waals surface area contributed by atoms with Crippen molar-refractivity contribution in [3.05, 3.63) is 154 Å². The van der Waals surface area contributed by atoms with Crippen LogP contribution in [0.25, 0.3) is 0 Å². The molecule has 40 heavy (non-hydrogen) atoms. The van der Waals surface area contributed by atoms with Crippen LogP contribution in [0.2, 0.25) is 0 Å². The van der Waals surface area contributed by atoms with Crippen molar-refractivity contribution in [2.24, 2.45) is 5.41 Å². The lowest BCUT2D eigenvalue weighted by Gasteiger charge is -2.32. The van der Waals surface area contributed by atoms with E-state index in [1.807, 2.05) is 0 Å². The summed E-state index contributed by atoms with van der Waals surface area (Å²) in [6.45, 7) is 21.9. The van der Waals surface area contributed by atoms with Crippen molar-refractivity contribution in [1.29, 1.82) is 0 Å². The smallest absolute Gasteiger partial charge is 0.0104 e. The van der Waals surface area contributed by atoms with E-state index < -0.39 is 0 Å². The molecule has 0 nitrogen and oxygen atoms in total. The Morgan fingerprint density at radius 3 is 1.30 bits per heavy atom. The maximum atomic E-state index is 2.37. The predicted octanol–water partition coefficient (Wildman–Crippen LogP) is 12.5. The van der Waals surface area contributed by atoms with Crippen LogP contribution in [0.15, 0.2) is 154 Å². The lowest BCUT2D eigenvalue weighted by molar-refractivity contribution is 0.377. The molecule has 0 aliphatic heterocycles. The maximum Gasteiger partial charge on any atom is -0.0104 e. The number of rotatable bonds is 12. The van der Waals surface area contributed by atoms with E-state index in [-0.39, 0.29) is 5.41 Å². The molecule has 0 saturated heterocycles. The average Bonchev–Trinajstić information content (AvgIpc) is 2.85. The summed E-state index contributed by atoms with van der Waals surface area (Å²) in [5, 5.41) is 0. The average molecular weight is 535 g/mol. The van der Waals surface area contributed by atoms with Crippen LogP contribution in [0, 0.1) is 5.41 Å². The first-order valence-electron chi connectivity index (χ1n) is 14.7. The molecule has 0 unspecified atom stereocenters. The van der Waals surface area contributed by atoms with E-state index in [0.717, 1.165) is 0 Å². The van der Waals surface area contributed by atoms with Gasteiger partial charge in [-0.2, -0.15) is 0 Å². The first-order chi connectivity index (χ1) is 18.9. The molecule has 1 aliphatic rings. The predicted molar refractivity (Wildman–Crippen MR) is 183 cm³/mol. The van der Waals surface area contributed by atoms with Crippen LogP contribution in [-0.2, 0) is 0 Å². The molecule has 1 aliphatic carbocycles. The minimum atomic E-state index is 0.288. The Bertz CT molecular complexity index is 1220. The van der Waals surface area contributed by atoms with Gasteiger partial charge in [-0.25, -0.2) is 0 Å². The van der Waals surface area contributed by atoms with Crippen LogP contribution in [0.4, 0.5) is 0 Å². The molecule has 0 amide bonds. The van der Waals surface area contributed by atoms with Crippen molar-refractivity contribution in [3.8, 4) is 0 Å². The first kappa shape index (κ1) is 34.6. The molecule has 0 heterocycles. The topological polar surface area (TPSA) is 0 Å². The van der Waals surface area contributed by atoms with Crippen LogP contribution in [0.1, 0.15) is 88.5 Å². The van der Waals surface area contributed by atoms with Crippen LogP contribution >= 0.6 is 0 Å². The molecule has 0 N–H and O–H groups in total. The first-order valence-corrected chi connectivity index (χ1v) is 14.7. The zero-order valence-electron chi connectivity index (χ0n) is 27.0. The van der Waals surface area contributed by atoms with E-state index in [0.29, 0.717) is 0 Å². The second kappa shape index (κ2) is 18.8. The second-order valence-corrected chi connectivity index (χ2v) is 11.9. The van der Waals surface area contributed by atoms with Gasteiger partial charge in [-0.3, -0.25) is 0 Å². The zero-order chi connectivity index (χ0) is 30.0. The van der Waals surface area contributed by atoms with E-state index in [9.17, 15) is 0 Å². The van der Waals surface area contributed by atoms with Gasteiger partial charge in [0.15, 0.2) is 0 Å². The Kier molecular flexibility index (Phi) is 16.3. The molecule has 0 saturated carbocycles. The van der Waals surface area contributed by atoms with E-state index in [1.165, 1.54) is 58.3 Å². The monoisotopic (exact) mass is 534 g/mol. The molecule has 1 rings (SSSR count). The molecular formula is C40H54. The van der Waals surface area contributed by atoms with Gasteiger partial charge in [0.1, 0.15) is 0 Å². The van der Waals surface area contributed by atoms with Crippen molar-refractivity contribution in [2.75, 3.05) is 0 Å². The Morgan fingerprint density at radius 2 is 0.900 bits per heavy atom. The second-order valence-electron chi connectivity index (χ2n) is 11.9. The highest BCUT2D eigenvalue weighted by atomic mass is 14.3. The van der Waals surface area contributed by atoms with Gasteiger partial charge in [-0.15, -0.1) is 0 Å². The van der Waals surface area contributed by atoms with Gasteiger partial charge in [-0.1, -0.05) is 162 Å². The van der Waals surface area contributed by atoms with Crippen LogP contribution in [-0.4, -0.2) is 0 Å². The number of allylic oxidation sites excluding steroid dienone is 26. The molecule has 0 bridgehead atoms. The quantitative estimate of drug-likeness (QED) is 0.218. The van der Waals surface area contributed by atoms with Crippen molar-refractivity contribution < 1.29 is 0 Å². The maximum absolute atomic E-state index is 2.37. The normalized spacial score (nSPS) is 18.7. The summed E-state index contributed by atoms with van der Waals surface area (Å²) in [6, 6.07) is 0. The molecule has 214 valence electrons. The summed E-state index contributed by atoms with van der Waals surface area (Å²) in [5.41, 5.74) is 10.8. The van der Waals surface area contributed by atoms with E-state index in [4.69, 9.17) is 0 Å². The highest BCUT2D eigenvalue weighted by Crippen LogP contribution is 2.40. The summed E-state index contributed by atoms with van der Waals surface area (Å²) in [7, 11) is 0. The molecule has 0 radical (unpaired) electrons. The Balaban J connectivity index is 2.61. The van der Waals surface area contributed by atoms with E-state index >= 15 is 0 Å². The standard InChI is InChI=1S/C40H54/c1-32(2)18-13-21-35(5)24-15-26-36(6)25-14-22-33(3)19-11-12-20-34(4)23-16-27-37(7)29-30-39-38(8)28-17-31-40(39,9)10/h11-16,18-27,29-30H,17,28,31H2,1-10H3/b12-11+,21-13-,22-14+,23-16+,26-15+,30-29+,33-19+,34-20+,35-24+,36-25+,37-27+. The summed E-state index contributed by atoms with van der Waals surface area (Å²) in [4.78, 5) is 0. The Labute approximate surface area is 247 Å². The van der Waals surface area contributed by atoms with Gasteiger partial charge in [0, 0.05) is 0 Å². The molecule has 0 aromatic heterocycles. The van der Waals surface area contributed by atoms with Crippen molar-refractivity contribution in [3.63, 3.8) is 0 Å². The SMILES string of the molecule is CC(C)=C\C=C/C(C)=C/C=C/C(C)=C/C=C/C(C)=C/C=C/C=C(C)/C=C/C=C(C)/C=C/C1=C(C)CCCC1(C)C. The van der Waals surface area contributed by atoms with Gasteiger partial charge in [0.2, 0.25) is 0 Å². The summed E-state index contributed by atoms with van der Waals surface area (Å²) < 4.78 is 0. The molecule has 0 spiro atoms. The molecule has 0 fully saturated rings. The molecular weight excluding hydrogens is 480 g/mol. The van der Waals surface area contributed by atoms with Crippen molar-refractivity contribution in [2.45, 2.75) is 88.5 Å². The van der Waals surface area contributed by atoms with E-state index in [1.54, 1.807) is 5.57 Å². The zero-order valence-corrected chi connectivity index (χ0v) is 27.0. The fourth-order valence-corrected chi connectivity index (χ4v) is 4.36. The number of hydrogen-bond acceptors (Lipinski definition) is 0. The van der Waals surface area contributed by atoms with Gasteiger partial charge in [0.25, 0.3) is 0 Å². The minimum Gasteiger partial charge on any atom is -0.0764 e. The molecule has 0 heteroatoms. The molecule has 0 aromatic rings. The largest absolute Gasteiger partial charge is 0.0764 e. The minimum absolute atomic E-state index is 0.288. The van der Waals surface area contributed by atoms with Gasteiger partial charge < -0.3 is 0 Å². The highest BCUT2D eigenvalue weighted by molar-refractivity contribution is 5.37. The third kappa shape index (κ3) is 15.9. The molecule has 0 aromatic carbocycles. The van der Waals surface area contributed by atoms with Gasteiger partial charge in [-0.05, 0) is 85.6 Å². The lowest BCUT2D eigenvalue weighted by Crippen LogP contribution is -2.19. The van der Waals surface area contributed by atoms with Gasteiger partial charge in [0.05, 0.1) is 0 Å². The van der Waals surface area contributed by atoms with E-state index in [2.05, 4.69) is 179 Å². The van der Waals surface area contributed by atoms with Crippen LogP contribution in [0.3, 0.4) is 0 Å². The Hall–Kier alpha value is -3.38. The lowest BCUT2D eigenvalue weighted by atomic mass is 9.72. The van der Waals surface area contributed by atoms with Crippen LogP contribution < -0.4 is 0 Å². The third-order valence-corrected chi connectivity index (χ3v) is 6.83. The third-order valence-electron chi connectivity index (χ3n) is 6.83. The Morgan fingerprint density at radius 1 is 0.525 bits per heavy atom. The van der Waals surface area contributed by atoms with Crippen molar-refractivity contribution in [1.82, 2.24) is 0 Å². The van der Waals surface area contributed by atoms with Gasteiger partial charge >= 0.3 is 0 Å². The fourth-order valence-electron chi connectivity index (χ4n) is 4.36. The number of hydrogen-bond donors (Lipinski definition) is 0. The summed E-state index contributed by atoms with van der Waals surface area (Å²) >= 11 is 0. The summed E-state index contributed by atoms with van der Waals surface area (Å²) in [5.74, 6) is 0. The molecule has 0 atom stereocenters.